The number of carbonyl (C=O) groups is 1. The molecule has 0 spiro atoms. The number of benzene rings is 3. The van der Waals surface area contributed by atoms with E-state index in [4.69, 9.17) is 4.74 Å². The minimum Gasteiger partial charge on any atom is -0.433 e. The van der Waals surface area contributed by atoms with Gasteiger partial charge in [-0.25, -0.2) is 4.98 Å². The van der Waals surface area contributed by atoms with E-state index < -0.39 is 4.92 Å². The van der Waals surface area contributed by atoms with Crippen LogP contribution in [0.3, 0.4) is 0 Å². The molecule has 1 heterocycles. The van der Waals surface area contributed by atoms with Gasteiger partial charge in [-0.15, -0.1) is 0 Å². The molecule has 0 saturated carbocycles. The Balaban J connectivity index is 1.71. The van der Waals surface area contributed by atoms with Crippen LogP contribution in [0.2, 0.25) is 0 Å². The Morgan fingerprint density at radius 2 is 1.73 bits per heavy atom. The Kier molecular flexibility index (Phi) is 5.04. The van der Waals surface area contributed by atoms with Crippen LogP contribution in [-0.2, 0) is 0 Å². The summed E-state index contributed by atoms with van der Waals surface area (Å²) < 4.78 is 5.84. The van der Waals surface area contributed by atoms with Crippen molar-refractivity contribution in [2.75, 3.05) is 5.32 Å². The molecule has 1 N–H and O–H groups in total. The lowest BCUT2D eigenvalue weighted by Gasteiger charge is -2.11. The van der Waals surface area contributed by atoms with Gasteiger partial charge in [0, 0.05) is 16.6 Å². The van der Waals surface area contributed by atoms with Gasteiger partial charge in [-0.2, -0.15) is 4.98 Å². The molecule has 0 fully saturated rings. The molecule has 8 heteroatoms. The number of hydrogen-bond donors (Lipinski definition) is 1. The summed E-state index contributed by atoms with van der Waals surface area (Å²) in [4.78, 5) is 30.6. The Morgan fingerprint density at radius 3 is 2.47 bits per heavy atom. The van der Waals surface area contributed by atoms with Crippen LogP contribution in [0.5, 0.6) is 11.6 Å². The van der Waals surface area contributed by atoms with Gasteiger partial charge < -0.3 is 10.1 Å². The van der Waals surface area contributed by atoms with Crippen LogP contribution >= 0.6 is 0 Å². The molecule has 0 radical (unpaired) electrons. The lowest BCUT2D eigenvalue weighted by Crippen LogP contribution is -2.04. The van der Waals surface area contributed by atoms with Crippen LogP contribution in [0.4, 0.5) is 17.2 Å². The number of nitro groups is 1. The minimum absolute atomic E-state index is 0.0131. The van der Waals surface area contributed by atoms with Crippen molar-refractivity contribution in [1.29, 1.82) is 0 Å². The van der Waals surface area contributed by atoms with Crippen LogP contribution < -0.4 is 10.1 Å². The van der Waals surface area contributed by atoms with E-state index >= 15 is 0 Å². The number of ketones is 1. The fraction of sp³-hybridized carbons (Fsp3) is 0.0455. The third kappa shape index (κ3) is 3.79. The predicted molar refractivity (Wildman–Crippen MR) is 112 cm³/mol. The molecule has 0 aliphatic rings. The molecule has 148 valence electrons. The molecule has 8 nitrogen and oxygen atoms in total. The Labute approximate surface area is 171 Å². The molecule has 0 saturated heterocycles. The SMILES string of the molecule is CC(=O)c1ccc(Nc2ncnc(Oc3cccc4ccccc34)c2[N+](=O)[O-])cc1. The Bertz CT molecular complexity index is 1250. The third-order valence-corrected chi connectivity index (χ3v) is 4.48. The van der Waals surface area contributed by atoms with Crippen molar-refractivity contribution in [1.82, 2.24) is 9.97 Å². The maximum atomic E-state index is 11.8. The summed E-state index contributed by atoms with van der Waals surface area (Å²) >= 11 is 0. The van der Waals surface area contributed by atoms with Crippen molar-refractivity contribution in [3.8, 4) is 11.6 Å². The second-order valence-electron chi connectivity index (χ2n) is 6.47. The molecule has 0 bridgehead atoms. The van der Waals surface area contributed by atoms with Crippen LogP contribution in [0.15, 0.2) is 73.1 Å². The molecule has 3 aromatic carbocycles. The largest absolute Gasteiger partial charge is 0.433 e. The first-order valence-electron chi connectivity index (χ1n) is 9.06. The number of fused-ring (bicyclic) bond motifs is 1. The molecule has 0 amide bonds. The summed E-state index contributed by atoms with van der Waals surface area (Å²) in [6, 6.07) is 19.6. The van der Waals surface area contributed by atoms with E-state index in [1.54, 1.807) is 36.4 Å². The van der Waals surface area contributed by atoms with E-state index in [0.29, 0.717) is 17.0 Å². The Morgan fingerprint density at radius 1 is 1.00 bits per heavy atom. The summed E-state index contributed by atoms with van der Waals surface area (Å²) in [5.74, 6) is 0.196. The van der Waals surface area contributed by atoms with Gasteiger partial charge in [-0.3, -0.25) is 14.9 Å². The summed E-state index contributed by atoms with van der Waals surface area (Å²) in [7, 11) is 0. The number of hydrogen-bond acceptors (Lipinski definition) is 7. The first-order chi connectivity index (χ1) is 14.5. The molecule has 0 atom stereocenters. The highest BCUT2D eigenvalue weighted by atomic mass is 16.6. The van der Waals surface area contributed by atoms with Gasteiger partial charge in [-0.05, 0) is 42.6 Å². The Hall–Kier alpha value is -4.33. The standard InChI is InChI=1S/C22H16N4O4/c1-14(27)15-9-11-17(12-10-15)25-21-20(26(28)29)22(24-13-23-21)30-19-8-4-6-16-5-2-3-7-18(16)19/h2-13H,1H3,(H,23,24,25). The highest BCUT2D eigenvalue weighted by molar-refractivity contribution is 5.94. The van der Waals surface area contributed by atoms with Gasteiger partial charge >= 0.3 is 11.6 Å². The first kappa shape index (κ1) is 19.0. The number of carbonyl (C=O) groups excluding carboxylic acids is 1. The summed E-state index contributed by atoms with van der Waals surface area (Å²) in [5, 5.41) is 16.4. The molecule has 1 aromatic heterocycles. The van der Waals surface area contributed by atoms with E-state index in [-0.39, 0.29) is 23.2 Å². The van der Waals surface area contributed by atoms with Crippen LogP contribution in [0.1, 0.15) is 17.3 Å². The van der Waals surface area contributed by atoms with Gasteiger partial charge in [-0.1, -0.05) is 36.4 Å². The lowest BCUT2D eigenvalue weighted by molar-refractivity contribution is -0.385. The normalized spacial score (nSPS) is 10.6. The van der Waals surface area contributed by atoms with Gasteiger partial charge in [0.25, 0.3) is 0 Å². The molecule has 0 aliphatic heterocycles. The van der Waals surface area contributed by atoms with Crippen molar-refractivity contribution in [3.63, 3.8) is 0 Å². The second kappa shape index (κ2) is 7.96. The molecule has 4 rings (SSSR count). The smallest absolute Gasteiger partial charge is 0.373 e. The highest BCUT2D eigenvalue weighted by Crippen LogP contribution is 2.37. The summed E-state index contributed by atoms with van der Waals surface area (Å²) in [6.45, 7) is 1.47. The number of anilines is 2. The monoisotopic (exact) mass is 400 g/mol. The van der Waals surface area contributed by atoms with Gasteiger partial charge in [0.05, 0.1) is 4.92 Å². The van der Waals surface area contributed by atoms with Crippen molar-refractivity contribution < 1.29 is 14.5 Å². The van der Waals surface area contributed by atoms with Crippen molar-refractivity contribution in [2.45, 2.75) is 6.92 Å². The fourth-order valence-corrected chi connectivity index (χ4v) is 3.01. The van der Waals surface area contributed by atoms with E-state index in [0.717, 1.165) is 10.8 Å². The van der Waals surface area contributed by atoms with E-state index in [1.807, 2.05) is 30.3 Å². The topological polar surface area (TPSA) is 107 Å². The zero-order valence-electron chi connectivity index (χ0n) is 15.9. The van der Waals surface area contributed by atoms with Crippen LogP contribution in [0.25, 0.3) is 10.8 Å². The third-order valence-electron chi connectivity index (χ3n) is 4.48. The first-order valence-corrected chi connectivity index (χ1v) is 9.06. The summed E-state index contributed by atoms with van der Waals surface area (Å²) in [6.07, 6.45) is 1.19. The number of rotatable bonds is 6. The molecule has 0 unspecified atom stereocenters. The number of ether oxygens (including phenoxy) is 1. The molecule has 30 heavy (non-hydrogen) atoms. The second-order valence-corrected chi connectivity index (χ2v) is 6.47. The highest BCUT2D eigenvalue weighted by Gasteiger charge is 2.25. The molecule has 4 aromatic rings. The van der Waals surface area contributed by atoms with E-state index in [1.165, 1.54) is 13.3 Å². The fourth-order valence-electron chi connectivity index (χ4n) is 3.01. The van der Waals surface area contributed by atoms with Crippen LogP contribution in [0, 0.1) is 10.1 Å². The lowest BCUT2D eigenvalue weighted by atomic mass is 10.1. The van der Waals surface area contributed by atoms with Crippen LogP contribution in [-0.4, -0.2) is 20.7 Å². The van der Waals surface area contributed by atoms with Gasteiger partial charge in [0.2, 0.25) is 5.82 Å². The van der Waals surface area contributed by atoms with E-state index in [2.05, 4.69) is 15.3 Å². The summed E-state index contributed by atoms with van der Waals surface area (Å²) in [5.41, 5.74) is 0.691. The van der Waals surface area contributed by atoms with E-state index in [9.17, 15) is 14.9 Å². The quantitative estimate of drug-likeness (QED) is 0.267. The van der Waals surface area contributed by atoms with Gasteiger partial charge in [0.1, 0.15) is 12.1 Å². The molecular formula is C22H16N4O4. The number of aromatic nitrogens is 2. The maximum absolute atomic E-state index is 11.8. The van der Waals surface area contributed by atoms with Gasteiger partial charge in [0.15, 0.2) is 5.78 Å². The number of nitrogens with one attached hydrogen (secondary N) is 1. The average Bonchev–Trinajstić information content (AvgIpc) is 2.74. The number of Topliss-reactive ketones (excluding diaryl/α,β-unsaturated/α-hetero) is 1. The van der Waals surface area contributed by atoms with Crippen molar-refractivity contribution in [2.24, 2.45) is 0 Å². The molecule has 0 aliphatic carbocycles. The zero-order chi connectivity index (χ0) is 21.1. The predicted octanol–water partition coefficient (Wildman–Crippen LogP) is 5.28. The average molecular weight is 400 g/mol. The van der Waals surface area contributed by atoms with Crippen molar-refractivity contribution >= 4 is 33.7 Å². The minimum atomic E-state index is -0.591. The zero-order valence-corrected chi connectivity index (χ0v) is 15.9. The maximum Gasteiger partial charge on any atom is 0.373 e. The molecular weight excluding hydrogens is 384 g/mol. The number of nitrogens with zero attached hydrogens (tertiary/aromatic N) is 3. The van der Waals surface area contributed by atoms with Crippen molar-refractivity contribution in [3.05, 3.63) is 88.7 Å².